The molecule has 0 fully saturated rings. The molecule has 0 atom stereocenters. The third-order valence-corrected chi connectivity index (χ3v) is 4.33. The minimum absolute atomic E-state index is 0.257. The molecule has 3 aromatic rings. The zero-order valence-corrected chi connectivity index (χ0v) is 16.0. The highest BCUT2D eigenvalue weighted by molar-refractivity contribution is 6.30. The Labute approximate surface area is 162 Å². The number of rotatable bonds is 6. The first-order valence-corrected chi connectivity index (χ1v) is 8.65. The van der Waals surface area contributed by atoms with Crippen molar-refractivity contribution in [2.45, 2.75) is 20.5 Å². The molecule has 6 nitrogen and oxygen atoms in total. The van der Waals surface area contributed by atoms with Crippen LogP contribution < -0.4 is 14.8 Å². The molecule has 1 aromatic heterocycles. The lowest BCUT2D eigenvalue weighted by Gasteiger charge is -2.12. The van der Waals surface area contributed by atoms with Crippen LogP contribution in [0.2, 0.25) is 5.02 Å². The zero-order chi connectivity index (χ0) is 19.4. The Bertz CT molecular complexity index is 932. The van der Waals surface area contributed by atoms with Gasteiger partial charge in [0.1, 0.15) is 12.4 Å². The molecular weight excluding hydrogens is 368 g/mol. The van der Waals surface area contributed by atoms with E-state index in [0.29, 0.717) is 40.1 Å². The highest BCUT2D eigenvalue weighted by atomic mass is 35.5. The minimum Gasteiger partial charge on any atom is -0.493 e. The Balaban J connectivity index is 1.73. The van der Waals surface area contributed by atoms with E-state index in [1.165, 1.54) is 7.11 Å². The van der Waals surface area contributed by atoms with Gasteiger partial charge in [0.05, 0.1) is 18.4 Å². The first-order chi connectivity index (χ1) is 13.0. The molecule has 2 aromatic carbocycles. The molecule has 1 N–H and O–H groups in total. The van der Waals surface area contributed by atoms with Crippen LogP contribution >= 0.6 is 11.6 Å². The summed E-state index contributed by atoms with van der Waals surface area (Å²) in [5.74, 6) is 1.45. The van der Waals surface area contributed by atoms with Crippen molar-refractivity contribution in [2.24, 2.45) is 0 Å². The molecule has 7 heteroatoms. The fourth-order valence-electron chi connectivity index (χ4n) is 2.52. The van der Waals surface area contributed by atoms with Crippen molar-refractivity contribution < 1.29 is 18.8 Å². The number of amides is 1. The third kappa shape index (κ3) is 4.41. The van der Waals surface area contributed by atoms with Gasteiger partial charge in [0, 0.05) is 16.3 Å². The Hall–Kier alpha value is -2.99. The zero-order valence-electron chi connectivity index (χ0n) is 15.2. The van der Waals surface area contributed by atoms with Gasteiger partial charge >= 0.3 is 0 Å². The van der Waals surface area contributed by atoms with E-state index in [1.54, 1.807) is 42.5 Å². The largest absolute Gasteiger partial charge is 0.493 e. The average molecular weight is 387 g/mol. The lowest BCUT2D eigenvalue weighted by atomic mass is 10.1. The van der Waals surface area contributed by atoms with Crippen LogP contribution in [0.1, 0.15) is 27.4 Å². The number of halogens is 1. The number of benzene rings is 2. The monoisotopic (exact) mass is 386 g/mol. The van der Waals surface area contributed by atoms with Crippen molar-refractivity contribution in [1.29, 1.82) is 0 Å². The maximum Gasteiger partial charge on any atom is 0.255 e. The topological polar surface area (TPSA) is 73.6 Å². The van der Waals surface area contributed by atoms with E-state index < -0.39 is 0 Å². The quantitative estimate of drug-likeness (QED) is 0.659. The van der Waals surface area contributed by atoms with E-state index in [2.05, 4.69) is 10.5 Å². The van der Waals surface area contributed by atoms with Crippen LogP contribution in [-0.4, -0.2) is 18.2 Å². The van der Waals surface area contributed by atoms with Crippen molar-refractivity contribution in [1.82, 2.24) is 5.16 Å². The molecule has 27 heavy (non-hydrogen) atoms. The second-order valence-corrected chi connectivity index (χ2v) is 6.35. The lowest BCUT2D eigenvalue weighted by molar-refractivity contribution is 0.102. The Kier molecular flexibility index (Phi) is 5.66. The molecule has 0 bridgehead atoms. The van der Waals surface area contributed by atoms with Gasteiger partial charge in [-0.25, -0.2) is 0 Å². The number of hydrogen-bond acceptors (Lipinski definition) is 5. The van der Waals surface area contributed by atoms with Crippen LogP contribution in [-0.2, 0) is 6.61 Å². The predicted molar refractivity (Wildman–Crippen MR) is 103 cm³/mol. The van der Waals surface area contributed by atoms with Crippen LogP contribution in [0.5, 0.6) is 11.5 Å². The highest BCUT2D eigenvalue weighted by Crippen LogP contribution is 2.30. The second kappa shape index (κ2) is 8.14. The van der Waals surface area contributed by atoms with E-state index in [9.17, 15) is 4.79 Å². The van der Waals surface area contributed by atoms with Crippen LogP contribution in [0.4, 0.5) is 5.69 Å². The SMILES string of the molecule is COc1cc(C(=O)Nc2ccc(Cl)cc2)ccc1OCc1c(C)noc1C. The molecule has 0 aliphatic heterocycles. The van der Waals surface area contributed by atoms with Gasteiger partial charge in [0.2, 0.25) is 0 Å². The average Bonchev–Trinajstić information content (AvgIpc) is 2.99. The summed E-state index contributed by atoms with van der Waals surface area (Å²) in [6, 6.07) is 11.9. The van der Waals surface area contributed by atoms with Gasteiger partial charge in [-0.3, -0.25) is 4.79 Å². The van der Waals surface area contributed by atoms with E-state index >= 15 is 0 Å². The molecule has 0 saturated carbocycles. The van der Waals surface area contributed by atoms with Crippen molar-refractivity contribution in [2.75, 3.05) is 12.4 Å². The summed E-state index contributed by atoms with van der Waals surface area (Å²) in [4.78, 5) is 12.5. The van der Waals surface area contributed by atoms with Crippen LogP contribution in [0, 0.1) is 13.8 Å². The molecule has 1 amide bonds. The van der Waals surface area contributed by atoms with Crippen molar-refractivity contribution in [3.63, 3.8) is 0 Å². The summed E-state index contributed by atoms with van der Waals surface area (Å²) < 4.78 is 16.3. The van der Waals surface area contributed by atoms with Crippen molar-refractivity contribution >= 4 is 23.2 Å². The molecule has 0 aliphatic carbocycles. The van der Waals surface area contributed by atoms with Gasteiger partial charge in [-0.1, -0.05) is 16.8 Å². The minimum atomic E-state index is -0.257. The Morgan fingerprint density at radius 2 is 1.89 bits per heavy atom. The smallest absolute Gasteiger partial charge is 0.255 e. The fourth-order valence-corrected chi connectivity index (χ4v) is 2.65. The predicted octanol–water partition coefficient (Wildman–Crippen LogP) is 4.78. The summed E-state index contributed by atoms with van der Waals surface area (Å²) >= 11 is 5.86. The number of carbonyl (C=O) groups is 1. The van der Waals surface area contributed by atoms with Gasteiger partial charge in [0.15, 0.2) is 11.5 Å². The molecule has 3 rings (SSSR count). The third-order valence-electron chi connectivity index (χ3n) is 4.08. The maximum atomic E-state index is 12.5. The maximum absolute atomic E-state index is 12.5. The molecule has 0 spiro atoms. The normalized spacial score (nSPS) is 10.5. The first-order valence-electron chi connectivity index (χ1n) is 8.27. The van der Waals surface area contributed by atoms with Crippen LogP contribution in [0.15, 0.2) is 47.0 Å². The van der Waals surface area contributed by atoms with Gasteiger partial charge in [-0.05, 0) is 56.3 Å². The molecule has 0 radical (unpaired) electrons. The highest BCUT2D eigenvalue weighted by Gasteiger charge is 2.14. The molecule has 0 aliphatic rings. The molecular formula is C20H19ClN2O4. The van der Waals surface area contributed by atoms with E-state index in [0.717, 1.165) is 11.3 Å². The number of anilines is 1. The number of methoxy groups -OCH3 is 1. The number of carbonyl (C=O) groups excluding carboxylic acids is 1. The number of ether oxygens (including phenoxy) is 2. The molecule has 140 valence electrons. The summed E-state index contributed by atoms with van der Waals surface area (Å²) in [6.45, 7) is 3.99. The van der Waals surface area contributed by atoms with Gasteiger partial charge in [-0.2, -0.15) is 0 Å². The first kappa shape index (κ1) is 18.8. The fraction of sp³-hybridized carbons (Fsp3) is 0.200. The van der Waals surface area contributed by atoms with Crippen molar-refractivity contribution in [3.05, 3.63) is 70.1 Å². The number of aromatic nitrogens is 1. The second-order valence-electron chi connectivity index (χ2n) is 5.92. The Morgan fingerprint density at radius 3 is 2.52 bits per heavy atom. The Morgan fingerprint density at radius 1 is 1.15 bits per heavy atom. The van der Waals surface area contributed by atoms with Gasteiger partial charge in [0.25, 0.3) is 5.91 Å². The van der Waals surface area contributed by atoms with E-state index in [1.807, 2.05) is 13.8 Å². The summed E-state index contributed by atoms with van der Waals surface area (Å²) in [5, 5.41) is 7.32. The van der Waals surface area contributed by atoms with E-state index in [4.69, 9.17) is 25.6 Å². The number of nitrogens with zero attached hydrogens (tertiary/aromatic N) is 1. The number of nitrogens with one attached hydrogen (secondary N) is 1. The van der Waals surface area contributed by atoms with E-state index in [-0.39, 0.29) is 5.91 Å². The van der Waals surface area contributed by atoms with Crippen LogP contribution in [0.25, 0.3) is 0 Å². The summed E-state index contributed by atoms with van der Waals surface area (Å²) in [7, 11) is 1.53. The molecule has 1 heterocycles. The van der Waals surface area contributed by atoms with Gasteiger partial charge < -0.3 is 19.3 Å². The summed E-state index contributed by atoms with van der Waals surface area (Å²) in [6.07, 6.45) is 0. The molecule has 0 saturated heterocycles. The number of hydrogen-bond donors (Lipinski definition) is 1. The molecule has 0 unspecified atom stereocenters. The van der Waals surface area contributed by atoms with Crippen molar-refractivity contribution in [3.8, 4) is 11.5 Å². The standard InChI is InChI=1S/C20H19ClN2O4/c1-12-17(13(2)27-23-12)11-26-18-9-4-14(10-19(18)25-3)20(24)22-16-7-5-15(21)6-8-16/h4-10H,11H2,1-3H3,(H,22,24). The summed E-state index contributed by atoms with van der Waals surface area (Å²) in [5.41, 5.74) is 2.78. The lowest BCUT2D eigenvalue weighted by Crippen LogP contribution is -2.12. The van der Waals surface area contributed by atoms with Crippen LogP contribution in [0.3, 0.4) is 0 Å². The number of aryl methyl sites for hydroxylation is 2. The van der Waals surface area contributed by atoms with Gasteiger partial charge in [-0.15, -0.1) is 0 Å².